The second-order valence-corrected chi connectivity index (χ2v) is 5.42. The van der Waals surface area contributed by atoms with E-state index in [1.54, 1.807) is 0 Å². The van der Waals surface area contributed by atoms with Crippen LogP contribution in [-0.2, 0) is 4.79 Å². The number of rotatable bonds is 4. The Morgan fingerprint density at radius 2 is 1.95 bits per heavy atom. The summed E-state index contributed by atoms with van der Waals surface area (Å²) in [6, 6.07) is 2.76. The fraction of sp³-hybridized carbons (Fsp3) is 0.467. The molecule has 2 rings (SSSR count). The van der Waals surface area contributed by atoms with E-state index in [-0.39, 0.29) is 17.2 Å². The van der Waals surface area contributed by atoms with E-state index in [0.29, 0.717) is 0 Å². The number of amides is 1. The van der Waals surface area contributed by atoms with Gasteiger partial charge >= 0.3 is 5.97 Å². The molecule has 1 amide bonds. The van der Waals surface area contributed by atoms with Gasteiger partial charge in [0.25, 0.3) is 5.91 Å². The lowest BCUT2D eigenvalue weighted by atomic mass is 9.84. The van der Waals surface area contributed by atoms with E-state index in [1.807, 2.05) is 0 Å². The number of nitrogen functional groups attached to an aromatic ring is 1. The van der Waals surface area contributed by atoms with Crippen molar-refractivity contribution in [3.63, 3.8) is 0 Å². The molecular formula is C15H19FN2O3. The summed E-state index contributed by atoms with van der Waals surface area (Å²) in [5.41, 5.74) is 5.38. The zero-order valence-electron chi connectivity index (χ0n) is 11.6. The molecule has 0 aromatic heterocycles. The van der Waals surface area contributed by atoms with E-state index in [2.05, 4.69) is 5.32 Å². The van der Waals surface area contributed by atoms with Crippen LogP contribution in [0.2, 0.25) is 0 Å². The van der Waals surface area contributed by atoms with Gasteiger partial charge in [-0.05, 0) is 37.0 Å². The minimum Gasteiger partial charge on any atom is -0.480 e. The first-order chi connectivity index (χ1) is 9.99. The normalized spacial score (nSPS) is 17.2. The van der Waals surface area contributed by atoms with Crippen molar-refractivity contribution in [2.24, 2.45) is 5.92 Å². The zero-order chi connectivity index (χ0) is 15.4. The molecule has 0 saturated heterocycles. The minimum absolute atomic E-state index is 0.0476. The van der Waals surface area contributed by atoms with Gasteiger partial charge in [0.2, 0.25) is 0 Å². The molecule has 1 aromatic carbocycles. The molecule has 1 aliphatic rings. The SMILES string of the molecule is Nc1ccc(C(=O)NC(C(=O)O)C2CCCCC2)cc1F. The summed E-state index contributed by atoms with van der Waals surface area (Å²) >= 11 is 0. The van der Waals surface area contributed by atoms with Gasteiger partial charge in [0.05, 0.1) is 5.69 Å². The van der Waals surface area contributed by atoms with Crippen molar-refractivity contribution in [1.82, 2.24) is 5.32 Å². The third-order valence-corrected chi connectivity index (χ3v) is 3.94. The fourth-order valence-corrected chi connectivity index (χ4v) is 2.74. The molecule has 21 heavy (non-hydrogen) atoms. The number of benzene rings is 1. The van der Waals surface area contributed by atoms with Gasteiger partial charge in [-0.25, -0.2) is 9.18 Å². The maximum atomic E-state index is 13.4. The van der Waals surface area contributed by atoms with Crippen LogP contribution in [0.4, 0.5) is 10.1 Å². The first kappa shape index (κ1) is 15.3. The highest BCUT2D eigenvalue weighted by atomic mass is 19.1. The molecule has 6 heteroatoms. The summed E-state index contributed by atoms with van der Waals surface area (Å²) in [4.78, 5) is 23.5. The van der Waals surface area contributed by atoms with Crippen LogP contribution in [0.25, 0.3) is 0 Å². The zero-order valence-corrected chi connectivity index (χ0v) is 11.6. The topological polar surface area (TPSA) is 92.4 Å². The fourth-order valence-electron chi connectivity index (χ4n) is 2.74. The summed E-state index contributed by atoms with van der Waals surface area (Å²) in [5.74, 6) is -2.40. The van der Waals surface area contributed by atoms with Gasteiger partial charge in [-0.2, -0.15) is 0 Å². The third-order valence-electron chi connectivity index (χ3n) is 3.94. The molecule has 0 heterocycles. The van der Waals surface area contributed by atoms with Crippen molar-refractivity contribution in [3.8, 4) is 0 Å². The average Bonchev–Trinajstić information content (AvgIpc) is 2.48. The standard InChI is InChI=1S/C15H19FN2O3/c16-11-8-10(6-7-12(11)17)14(19)18-13(15(20)21)9-4-2-1-3-5-9/h6-9,13H,1-5,17H2,(H,18,19)(H,20,21). The highest BCUT2D eigenvalue weighted by Crippen LogP contribution is 2.27. The van der Waals surface area contributed by atoms with E-state index in [4.69, 9.17) is 5.73 Å². The molecule has 5 nitrogen and oxygen atoms in total. The van der Waals surface area contributed by atoms with Crippen LogP contribution in [-0.4, -0.2) is 23.0 Å². The summed E-state index contributed by atoms with van der Waals surface area (Å²) in [6.45, 7) is 0. The number of anilines is 1. The second kappa shape index (κ2) is 6.56. The van der Waals surface area contributed by atoms with Crippen LogP contribution in [0.15, 0.2) is 18.2 Å². The van der Waals surface area contributed by atoms with Crippen LogP contribution in [0.3, 0.4) is 0 Å². The van der Waals surface area contributed by atoms with Crippen LogP contribution in [0.5, 0.6) is 0 Å². The Hall–Kier alpha value is -2.11. The Morgan fingerprint density at radius 3 is 2.52 bits per heavy atom. The van der Waals surface area contributed by atoms with E-state index in [1.165, 1.54) is 12.1 Å². The first-order valence-electron chi connectivity index (χ1n) is 7.07. The van der Waals surface area contributed by atoms with Crippen LogP contribution in [0.1, 0.15) is 42.5 Å². The number of carbonyl (C=O) groups excluding carboxylic acids is 1. The van der Waals surface area contributed by atoms with Crippen molar-refractivity contribution in [3.05, 3.63) is 29.6 Å². The van der Waals surface area contributed by atoms with Gasteiger partial charge in [-0.1, -0.05) is 19.3 Å². The molecule has 0 aliphatic heterocycles. The Balaban J connectivity index is 2.10. The number of hydrogen-bond acceptors (Lipinski definition) is 3. The molecule has 1 unspecified atom stereocenters. The van der Waals surface area contributed by atoms with Gasteiger partial charge < -0.3 is 16.2 Å². The third kappa shape index (κ3) is 3.71. The molecule has 1 saturated carbocycles. The number of aliphatic carboxylic acids is 1. The lowest BCUT2D eigenvalue weighted by Gasteiger charge is -2.28. The highest BCUT2D eigenvalue weighted by Gasteiger charge is 2.31. The second-order valence-electron chi connectivity index (χ2n) is 5.42. The number of carboxylic acid groups (broad SMARTS) is 1. The maximum absolute atomic E-state index is 13.4. The van der Waals surface area contributed by atoms with Gasteiger partial charge in [0, 0.05) is 5.56 Å². The monoisotopic (exact) mass is 294 g/mol. The molecule has 0 radical (unpaired) electrons. The number of carbonyl (C=O) groups is 2. The van der Waals surface area contributed by atoms with Crippen molar-refractivity contribution >= 4 is 17.6 Å². The Kier molecular flexibility index (Phi) is 4.77. The van der Waals surface area contributed by atoms with Crippen LogP contribution in [0, 0.1) is 11.7 Å². The van der Waals surface area contributed by atoms with E-state index >= 15 is 0 Å². The molecule has 4 N–H and O–H groups in total. The predicted octanol–water partition coefficient (Wildman–Crippen LogP) is 2.17. The van der Waals surface area contributed by atoms with Crippen LogP contribution >= 0.6 is 0 Å². The van der Waals surface area contributed by atoms with E-state index < -0.39 is 23.7 Å². The number of nitrogens with one attached hydrogen (secondary N) is 1. The van der Waals surface area contributed by atoms with E-state index in [9.17, 15) is 19.1 Å². The molecule has 114 valence electrons. The average molecular weight is 294 g/mol. The Bertz CT molecular complexity index is 542. The largest absolute Gasteiger partial charge is 0.480 e. The van der Waals surface area contributed by atoms with Gasteiger partial charge in [0.15, 0.2) is 0 Å². The van der Waals surface area contributed by atoms with Crippen molar-refractivity contribution < 1.29 is 19.1 Å². The highest BCUT2D eigenvalue weighted by molar-refractivity contribution is 5.96. The Morgan fingerprint density at radius 1 is 1.29 bits per heavy atom. The maximum Gasteiger partial charge on any atom is 0.326 e. The summed E-state index contributed by atoms with van der Waals surface area (Å²) in [6.07, 6.45) is 4.61. The van der Waals surface area contributed by atoms with Gasteiger partial charge in [0.1, 0.15) is 11.9 Å². The van der Waals surface area contributed by atoms with Crippen molar-refractivity contribution in [1.29, 1.82) is 0 Å². The number of hydrogen-bond donors (Lipinski definition) is 3. The molecule has 1 aliphatic carbocycles. The molecular weight excluding hydrogens is 275 g/mol. The van der Waals surface area contributed by atoms with E-state index in [0.717, 1.165) is 38.2 Å². The summed E-state index contributed by atoms with van der Waals surface area (Å²) < 4.78 is 13.4. The molecule has 0 bridgehead atoms. The molecule has 0 spiro atoms. The Labute approximate surface area is 122 Å². The number of nitrogens with two attached hydrogens (primary N) is 1. The minimum atomic E-state index is -1.05. The van der Waals surface area contributed by atoms with Crippen molar-refractivity contribution in [2.45, 2.75) is 38.1 Å². The quantitative estimate of drug-likeness (QED) is 0.742. The summed E-state index contributed by atoms with van der Waals surface area (Å²) in [7, 11) is 0. The van der Waals surface area contributed by atoms with Crippen molar-refractivity contribution in [2.75, 3.05) is 5.73 Å². The number of carboxylic acids is 1. The molecule has 1 fully saturated rings. The first-order valence-corrected chi connectivity index (χ1v) is 7.07. The number of halogens is 1. The van der Waals surface area contributed by atoms with Gasteiger partial charge in [-0.3, -0.25) is 4.79 Å². The lowest BCUT2D eigenvalue weighted by Crippen LogP contribution is -2.46. The van der Waals surface area contributed by atoms with Crippen LogP contribution < -0.4 is 11.1 Å². The molecule has 1 atom stereocenters. The predicted molar refractivity (Wildman–Crippen MR) is 76.3 cm³/mol. The lowest BCUT2D eigenvalue weighted by molar-refractivity contribution is -0.141. The summed E-state index contributed by atoms with van der Waals surface area (Å²) in [5, 5.41) is 11.8. The molecule has 1 aromatic rings. The smallest absolute Gasteiger partial charge is 0.326 e. The van der Waals surface area contributed by atoms with Gasteiger partial charge in [-0.15, -0.1) is 0 Å².